The first-order valence-corrected chi connectivity index (χ1v) is 15.6. The highest BCUT2D eigenvalue weighted by atomic mass is 35.5. The summed E-state index contributed by atoms with van der Waals surface area (Å²) in [4.78, 5) is 28.1. The van der Waals surface area contributed by atoms with Crippen molar-refractivity contribution < 1.29 is 18.0 Å². The maximum Gasteiger partial charge on any atom is 0.242 e. The molecular formula is C28H39Cl2N3O4S. The minimum absolute atomic E-state index is 0.0703. The number of nitrogens with zero attached hydrogens (tertiary/aromatic N) is 2. The molecule has 0 aliphatic carbocycles. The molecule has 1 N–H and O–H groups in total. The molecule has 0 aliphatic heterocycles. The van der Waals surface area contributed by atoms with Gasteiger partial charge in [-0.2, -0.15) is 0 Å². The van der Waals surface area contributed by atoms with Crippen LogP contribution >= 0.6 is 23.2 Å². The number of aryl methyl sites for hydroxylation is 2. The fourth-order valence-corrected chi connectivity index (χ4v) is 5.57. The summed E-state index contributed by atoms with van der Waals surface area (Å²) in [7, 11) is -3.56. The van der Waals surface area contributed by atoms with Crippen molar-refractivity contribution in [3.8, 4) is 0 Å². The van der Waals surface area contributed by atoms with Gasteiger partial charge in [-0.3, -0.25) is 13.9 Å². The van der Waals surface area contributed by atoms with E-state index in [0.717, 1.165) is 30.2 Å². The Morgan fingerprint density at radius 3 is 2.29 bits per heavy atom. The number of halogens is 2. The van der Waals surface area contributed by atoms with Crippen LogP contribution in [0.15, 0.2) is 36.4 Å². The monoisotopic (exact) mass is 583 g/mol. The van der Waals surface area contributed by atoms with E-state index in [1.165, 1.54) is 9.21 Å². The van der Waals surface area contributed by atoms with E-state index < -0.39 is 16.1 Å². The van der Waals surface area contributed by atoms with Crippen LogP contribution in [0.25, 0.3) is 0 Å². The number of benzene rings is 2. The quantitative estimate of drug-likeness (QED) is 0.281. The molecule has 2 aromatic carbocycles. The van der Waals surface area contributed by atoms with E-state index in [9.17, 15) is 18.0 Å². The van der Waals surface area contributed by atoms with Gasteiger partial charge in [0.2, 0.25) is 21.8 Å². The Morgan fingerprint density at radius 2 is 1.71 bits per heavy atom. The van der Waals surface area contributed by atoms with Crippen molar-refractivity contribution >= 4 is 50.7 Å². The van der Waals surface area contributed by atoms with Gasteiger partial charge in [-0.05, 0) is 74.1 Å². The molecule has 0 spiro atoms. The number of carbonyl (C=O) groups is 2. The Morgan fingerprint density at radius 1 is 1.00 bits per heavy atom. The van der Waals surface area contributed by atoms with E-state index in [2.05, 4.69) is 5.32 Å². The second-order valence-electron chi connectivity index (χ2n) is 9.53. The summed E-state index contributed by atoms with van der Waals surface area (Å²) in [5.74, 6) is -0.464. The van der Waals surface area contributed by atoms with Gasteiger partial charge in [0.25, 0.3) is 0 Å². The summed E-state index contributed by atoms with van der Waals surface area (Å²) in [6.07, 6.45) is 3.73. The SMILES string of the molecule is CCCCNC(=O)C(CC)N(Cc1ccc(Cl)cc1Cl)C(=O)CCCN(c1ccc(C)c(C)c1)S(C)(=O)=O. The third-order valence-corrected chi connectivity index (χ3v) is 8.28. The third kappa shape index (κ3) is 9.17. The number of amides is 2. The van der Waals surface area contributed by atoms with Gasteiger partial charge in [0, 0.05) is 36.1 Å². The van der Waals surface area contributed by atoms with E-state index in [4.69, 9.17) is 23.2 Å². The highest BCUT2D eigenvalue weighted by Gasteiger charge is 2.29. The highest BCUT2D eigenvalue weighted by Crippen LogP contribution is 2.25. The van der Waals surface area contributed by atoms with Crippen LogP contribution in [0, 0.1) is 13.8 Å². The van der Waals surface area contributed by atoms with Crippen LogP contribution < -0.4 is 9.62 Å². The molecule has 0 saturated carbocycles. The highest BCUT2D eigenvalue weighted by molar-refractivity contribution is 7.92. The van der Waals surface area contributed by atoms with Crippen molar-refractivity contribution in [2.24, 2.45) is 0 Å². The van der Waals surface area contributed by atoms with Crippen LogP contribution in [0.2, 0.25) is 10.0 Å². The predicted molar refractivity (Wildman–Crippen MR) is 156 cm³/mol. The van der Waals surface area contributed by atoms with Gasteiger partial charge in [0.15, 0.2) is 0 Å². The number of nitrogens with one attached hydrogen (secondary N) is 1. The van der Waals surface area contributed by atoms with Crippen molar-refractivity contribution in [3.05, 3.63) is 63.1 Å². The number of anilines is 1. The number of unbranched alkanes of at least 4 members (excludes halogenated alkanes) is 1. The Bertz CT molecular complexity index is 1220. The summed E-state index contributed by atoms with van der Waals surface area (Å²) < 4.78 is 26.5. The molecule has 0 heterocycles. The molecule has 0 radical (unpaired) electrons. The molecule has 0 saturated heterocycles. The summed E-state index contributed by atoms with van der Waals surface area (Å²) >= 11 is 12.4. The van der Waals surface area contributed by atoms with Gasteiger partial charge < -0.3 is 10.2 Å². The zero-order valence-electron chi connectivity index (χ0n) is 22.9. The molecule has 2 amide bonds. The van der Waals surface area contributed by atoms with Crippen molar-refractivity contribution in [3.63, 3.8) is 0 Å². The molecule has 0 fully saturated rings. The molecule has 1 unspecified atom stereocenters. The van der Waals surface area contributed by atoms with E-state index in [-0.39, 0.29) is 37.7 Å². The fraction of sp³-hybridized carbons (Fsp3) is 0.500. The van der Waals surface area contributed by atoms with Gasteiger partial charge >= 0.3 is 0 Å². The molecule has 0 aromatic heterocycles. The normalized spacial score (nSPS) is 12.2. The Kier molecular flexibility index (Phi) is 12.4. The smallest absolute Gasteiger partial charge is 0.242 e. The van der Waals surface area contributed by atoms with Gasteiger partial charge in [-0.15, -0.1) is 0 Å². The number of hydrogen-bond acceptors (Lipinski definition) is 4. The maximum atomic E-state index is 13.5. The minimum atomic E-state index is -3.56. The standard InChI is InChI=1S/C28H39Cl2N3O4S/c1-6-8-15-31-28(35)26(7-2)32(19-22-12-13-23(29)18-25(22)30)27(34)10-9-16-33(38(5,36)37)24-14-11-20(3)21(4)17-24/h11-14,17-18,26H,6-10,15-16,19H2,1-5H3,(H,31,35). The second-order valence-corrected chi connectivity index (χ2v) is 12.3. The number of rotatable bonds is 14. The van der Waals surface area contributed by atoms with Crippen LogP contribution in [0.1, 0.15) is 62.6 Å². The summed E-state index contributed by atoms with van der Waals surface area (Å²) in [5.41, 5.74) is 3.29. The molecule has 10 heteroatoms. The molecule has 7 nitrogen and oxygen atoms in total. The van der Waals surface area contributed by atoms with Crippen LogP contribution in [-0.4, -0.2) is 50.5 Å². The maximum absolute atomic E-state index is 13.5. The lowest BCUT2D eigenvalue weighted by Gasteiger charge is -2.31. The van der Waals surface area contributed by atoms with Gasteiger partial charge in [0.1, 0.15) is 6.04 Å². The van der Waals surface area contributed by atoms with Crippen LogP contribution in [0.4, 0.5) is 5.69 Å². The van der Waals surface area contributed by atoms with Gasteiger partial charge in [-0.1, -0.05) is 55.6 Å². The number of carbonyl (C=O) groups excluding carboxylic acids is 2. The van der Waals surface area contributed by atoms with E-state index in [0.29, 0.717) is 34.3 Å². The predicted octanol–water partition coefficient (Wildman–Crippen LogP) is 5.88. The molecule has 0 bridgehead atoms. The van der Waals surface area contributed by atoms with Crippen molar-refractivity contribution in [2.75, 3.05) is 23.7 Å². The zero-order chi connectivity index (χ0) is 28.5. The second kappa shape index (κ2) is 14.8. The lowest BCUT2D eigenvalue weighted by atomic mass is 10.1. The van der Waals surface area contributed by atoms with Crippen LogP contribution in [0.5, 0.6) is 0 Å². The summed E-state index contributed by atoms with van der Waals surface area (Å²) in [5, 5.41) is 3.82. The van der Waals surface area contributed by atoms with Crippen molar-refractivity contribution in [1.82, 2.24) is 10.2 Å². The van der Waals surface area contributed by atoms with E-state index in [1.54, 1.807) is 24.3 Å². The zero-order valence-corrected chi connectivity index (χ0v) is 25.2. The summed E-state index contributed by atoms with van der Waals surface area (Å²) in [6, 6.07) is 9.86. The largest absolute Gasteiger partial charge is 0.354 e. The lowest BCUT2D eigenvalue weighted by Crippen LogP contribution is -2.49. The first-order valence-electron chi connectivity index (χ1n) is 12.9. The lowest BCUT2D eigenvalue weighted by molar-refractivity contribution is -0.141. The molecule has 210 valence electrons. The average molecular weight is 585 g/mol. The van der Waals surface area contributed by atoms with Crippen LogP contribution in [0.3, 0.4) is 0 Å². The topological polar surface area (TPSA) is 86.8 Å². The van der Waals surface area contributed by atoms with Gasteiger partial charge in [-0.25, -0.2) is 8.42 Å². The van der Waals surface area contributed by atoms with Crippen LogP contribution in [-0.2, 0) is 26.2 Å². The third-order valence-electron chi connectivity index (χ3n) is 6.50. The van der Waals surface area contributed by atoms with E-state index in [1.807, 2.05) is 39.8 Å². The molecule has 1 atom stereocenters. The Labute approximate surface area is 237 Å². The molecular weight excluding hydrogens is 545 g/mol. The molecule has 38 heavy (non-hydrogen) atoms. The average Bonchev–Trinajstić information content (AvgIpc) is 2.84. The first kappa shape index (κ1) is 31.9. The van der Waals surface area contributed by atoms with Gasteiger partial charge in [0.05, 0.1) is 11.9 Å². The minimum Gasteiger partial charge on any atom is -0.354 e. The van der Waals surface area contributed by atoms with Crippen molar-refractivity contribution in [2.45, 2.75) is 72.4 Å². The molecule has 2 aromatic rings. The number of sulfonamides is 1. The summed E-state index contributed by atoms with van der Waals surface area (Å²) in [6.45, 7) is 8.61. The fourth-order valence-electron chi connectivity index (χ4n) is 4.14. The Balaban J connectivity index is 2.25. The Hall–Kier alpha value is -2.29. The van der Waals surface area contributed by atoms with Crippen molar-refractivity contribution in [1.29, 1.82) is 0 Å². The number of hydrogen-bond donors (Lipinski definition) is 1. The molecule has 2 rings (SSSR count). The first-order chi connectivity index (χ1) is 17.9. The van der Waals surface area contributed by atoms with E-state index >= 15 is 0 Å². The molecule has 0 aliphatic rings.